The average molecular weight is 192 g/mol. The SMILES string of the molecule is CN(C)CCOCCNCCCF. The Morgan fingerprint density at radius 2 is 2.00 bits per heavy atom. The Morgan fingerprint density at radius 1 is 1.23 bits per heavy atom. The van der Waals surface area contributed by atoms with Crippen molar-refractivity contribution in [1.29, 1.82) is 0 Å². The first-order chi connectivity index (χ1) is 6.27. The number of hydrogen-bond acceptors (Lipinski definition) is 3. The zero-order valence-corrected chi connectivity index (χ0v) is 8.68. The lowest BCUT2D eigenvalue weighted by Crippen LogP contribution is -2.24. The summed E-state index contributed by atoms with van der Waals surface area (Å²) >= 11 is 0. The molecular weight excluding hydrogens is 171 g/mol. The third kappa shape index (κ3) is 11.8. The summed E-state index contributed by atoms with van der Waals surface area (Å²) in [5.74, 6) is 0. The van der Waals surface area contributed by atoms with Crippen LogP contribution in [-0.4, -0.2) is 58.5 Å². The third-order valence-corrected chi connectivity index (χ3v) is 1.59. The molecule has 4 heteroatoms. The van der Waals surface area contributed by atoms with Gasteiger partial charge in [0.2, 0.25) is 0 Å². The van der Waals surface area contributed by atoms with Gasteiger partial charge in [0.1, 0.15) is 0 Å². The maximum absolute atomic E-state index is 11.6. The van der Waals surface area contributed by atoms with Crippen LogP contribution in [-0.2, 0) is 4.74 Å². The Kier molecular flexibility index (Phi) is 9.75. The molecule has 13 heavy (non-hydrogen) atoms. The number of halogens is 1. The van der Waals surface area contributed by atoms with Crippen molar-refractivity contribution < 1.29 is 9.13 Å². The van der Waals surface area contributed by atoms with Crippen molar-refractivity contribution >= 4 is 0 Å². The quantitative estimate of drug-likeness (QED) is 0.539. The largest absolute Gasteiger partial charge is 0.379 e. The van der Waals surface area contributed by atoms with E-state index in [1.807, 2.05) is 14.1 Å². The molecule has 0 aliphatic rings. The number of likely N-dealkylation sites (N-methyl/N-ethyl adjacent to an activating group) is 1. The second-order valence-corrected chi connectivity index (χ2v) is 3.21. The first-order valence-electron chi connectivity index (χ1n) is 4.76. The summed E-state index contributed by atoms with van der Waals surface area (Å²) in [7, 11) is 4.03. The van der Waals surface area contributed by atoms with Crippen LogP contribution in [0.25, 0.3) is 0 Å². The van der Waals surface area contributed by atoms with Crippen molar-refractivity contribution in [3.63, 3.8) is 0 Å². The van der Waals surface area contributed by atoms with E-state index in [1.54, 1.807) is 0 Å². The minimum atomic E-state index is -0.242. The molecule has 0 radical (unpaired) electrons. The summed E-state index contributed by atoms with van der Waals surface area (Å²) in [4.78, 5) is 2.08. The maximum Gasteiger partial charge on any atom is 0.0906 e. The molecule has 0 amide bonds. The van der Waals surface area contributed by atoms with Gasteiger partial charge in [-0.25, -0.2) is 0 Å². The Bertz CT molecular complexity index is 102. The predicted molar refractivity (Wildman–Crippen MR) is 52.8 cm³/mol. The normalized spacial score (nSPS) is 11.1. The Labute approximate surface area is 80.2 Å². The van der Waals surface area contributed by atoms with Crippen LogP contribution in [0, 0.1) is 0 Å². The van der Waals surface area contributed by atoms with Gasteiger partial charge < -0.3 is 15.0 Å². The van der Waals surface area contributed by atoms with Crippen LogP contribution >= 0.6 is 0 Å². The molecule has 80 valence electrons. The molecule has 0 unspecified atom stereocenters. The van der Waals surface area contributed by atoms with Crippen molar-refractivity contribution in [3.05, 3.63) is 0 Å². The van der Waals surface area contributed by atoms with E-state index in [0.29, 0.717) is 13.0 Å². The highest BCUT2D eigenvalue weighted by Crippen LogP contribution is 1.79. The van der Waals surface area contributed by atoms with E-state index in [2.05, 4.69) is 10.2 Å². The first kappa shape index (κ1) is 12.8. The molecule has 0 aliphatic heterocycles. The minimum Gasteiger partial charge on any atom is -0.379 e. The zero-order valence-electron chi connectivity index (χ0n) is 8.68. The molecular formula is C9H21FN2O. The standard InChI is InChI=1S/C9H21FN2O/c1-12(2)7-9-13-8-6-11-5-3-4-10/h11H,3-9H2,1-2H3. The molecule has 0 spiro atoms. The van der Waals surface area contributed by atoms with E-state index in [9.17, 15) is 4.39 Å². The van der Waals surface area contributed by atoms with E-state index in [1.165, 1.54) is 0 Å². The molecule has 0 aromatic rings. The lowest BCUT2D eigenvalue weighted by Gasteiger charge is -2.09. The van der Waals surface area contributed by atoms with E-state index in [-0.39, 0.29) is 6.67 Å². The molecule has 0 atom stereocenters. The Hall–Kier alpha value is -0.190. The van der Waals surface area contributed by atoms with Crippen molar-refractivity contribution in [3.8, 4) is 0 Å². The van der Waals surface area contributed by atoms with Gasteiger partial charge in [-0.2, -0.15) is 0 Å². The van der Waals surface area contributed by atoms with Gasteiger partial charge in [-0.15, -0.1) is 0 Å². The fraction of sp³-hybridized carbons (Fsp3) is 1.00. The highest BCUT2D eigenvalue weighted by molar-refractivity contribution is 4.46. The van der Waals surface area contributed by atoms with Crippen LogP contribution in [0.15, 0.2) is 0 Å². The number of ether oxygens (including phenoxy) is 1. The maximum atomic E-state index is 11.6. The van der Waals surface area contributed by atoms with Crippen molar-refractivity contribution in [1.82, 2.24) is 10.2 Å². The van der Waals surface area contributed by atoms with E-state index >= 15 is 0 Å². The van der Waals surface area contributed by atoms with Crippen LogP contribution in [0.2, 0.25) is 0 Å². The van der Waals surface area contributed by atoms with Crippen LogP contribution < -0.4 is 5.32 Å². The van der Waals surface area contributed by atoms with Gasteiger partial charge in [0.05, 0.1) is 19.9 Å². The van der Waals surface area contributed by atoms with Gasteiger partial charge >= 0.3 is 0 Å². The van der Waals surface area contributed by atoms with Gasteiger partial charge in [-0.05, 0) is 27.1 Å². The summed E-state index contributed by atoms with van der Waals surface area (Å²) in [5, 5.41) is 3.10. The number of nitrogens with one attached hydrogen (secondary N) is 1. The van der Waals surface area contributed by atoms with Crippen LogP contribution in [0.5, 0.6) is 0 Å². The highest BCUT2D eigenvalue weighted by Gasteiger charge is 1.91. The molecule has 0 heterocycles. The van der Waals surface area contributed by atoms with Crippen LogP contribution in [0.1, 0.15) is 6.42 Å². The predicted octanol–water partition coefficient (Wildman–Crippen LogP) is 0.514. The van der Waals surface area contributed by atoms with Gasteiger partial charge in [-0.1, -0.05) is 0 Å². The molecule has 0 aromatic carbocycles. The molecule has 0 saturated heterocycles. The number of nitrogens with zero attached hydrogens (tertiary/aromatic N) is 1. The van der Waals surface area contributed by atoms with Crippen LogP contribution in [0.3, 0.4) is 0 Å². The lowest BCUT2D eigenvalue weighted by atomic mass is 10.4. The van der Waals surface area contributed by atoms with Gasteiger partial charge in [-0.3, -0.25) is 4.39 Å². The summed E-state index contributed by atoms with van der Waals surface area (Å²) in [6, 6.07) is 0. The highest BCUT2D eigenvalue weighted by atomic mass is 19.1. The fourth-order valence-electron chi connectivity index (χ4n) is 0.810. The Morgan fingerprint density at radius 3 is 2.62 bits per heavy atom. The summed E-state index contributed by atoms with van der Waals surface area (Å²) in [6.45, 7) is 3.73. The topological polar surface area (TPSA) is 24.5 Å². The second kappa shape index (κ2) is 9.89. The smallest absolute Gasteiger partial charge is 0.0906 e. The molecule has 0 bridgehead atoms. The van der Waals surface area contributed by atoms with Crippen molar-refractivity contribution in [2.24, 2.45) is 0 Å². The van der Waals surface area contributed by atoms with Gasteiger partial charge in [0.25, 0.3) is 0 Å². The molecule has 3 nitrogen and oxygen atoms in total. The molecule has 0 fully saturated rings. The third-order valence-electron chi connectivity index (χ3n) is 1.59. The summed E-state index contributed by atoms with van der Waals surface area (Å²) in [5.41, 5.74) is 0. The zero-order chi connectivity index (χ0) is 9.94. The minimum absolute atomic E-state index is 0.242. The van der Waals surface area contributed by atoms with Crippen molar-refractivity contribution in [2.45, 2.75) is 6.42 Å². The average Bonchev–Trinajstić information content (AvgIpc) is 2.09. The van der Waals surface area contributed by atoms with Crippen molar-refractivity contribution in [2.75, 3.05) is 53.6 Å². The fourth-order valence-corrected chi connectivity index (χ4v) is 0.810. The van der Waals surface area contributed by atoms with E-state index < -0.39 is 0 Å². The first-order valence-corrected chi connectivity index (χ1v) is 4.76. The molecule has 0 rings (SSSR count). The molecule has 0 aliphatic carbocycles. The monoisotopic (exact) mass is 192 g/mol. The molecule has 0 saturated carbocycles. The van der Waals surface area contributed by atoms with E-state index in [0.717, 1.165) is 26.2 Å². The number of rotatable bonds is 9. The van der Waals surface area contributed by atoms with Gasteiger partial charge in [0.15, 0.2) is 0 Å². The summed E-state index contributed by atoms with van der Waals surface area (Å²) in [6.07, 6.45) is 0.595. The number of alkyl halides is 1. The Balaban J connectivity index is 2.84. The lowest BCUT2D eigenvalue weighted by molar-refractivity contribution is 0.119. The van der Waals surface area contributed by atoms with Crippen LogP contribution in [0.4, 0.5) is 4.39 Å². The van der Waals surface area contributed by atoms with Gasteiger partial charge in [0, 0.05) is 13.1 Å². The van der Waals surface area contributed by atoms with E-state index in [4.69, 9.17) is 4.74 Å². The second-order valence-electron chi connectivity index (χ2n) is 3.21. The summed E-state index contributed by atoms with van der Waals surface area (Å²) < 4.78 is 17.0. The molecule has 1 N–H and O–H groups in total. The molecule has 0 aromatic heterocycles. The number of hydrogen-bond donors (Lipinski definition) is 1.